The molecular weight excluding hydrogens is 603 g/mol. The number of hydrogen-bond acceptors (Lipinski definition) is 7. The Balaban J connectivity index is 1.28. The number of carbonyl (C=O) groups excluding carboxylic acids is 2. The summed E-state index contributed by atoms with van der Waals surface area (Å²) in [4.78, 5) is 51.5. The Morgan fingerprint density at radius 1 is 1.09 bits per heavy atom. The molecule has 0 saturated heterocycles. The minimum absolute atomic E-state index is 0.0790. The molecule has 2 saturated carbocycles. The van der Waals surface area contributed by atoms with Crippen LogP contribution in [0.4, 0.5) is 10.2 Å². The Bertz CT molecular complexity index is 1860. The molecule has 2 aliphatic carbocycles. The Morgan fingerprint density at radius 3 is 2.53 bits per heavy atom. The molecule has 3 heterocycles. The Hall–Kier alpha value is -5.13. The van der Waals surface area contributed by atoms with Gasteiger partial charge in [-0.25, -0.2) is 14.2 Å². The summed E-state index contributed by atoms with van der Waals surface area (Å²) in [6.45, 7) is 2.01. The van der Waals surface area contributed by atoms with Gasteiger partial charge in [-0.15, -0.1) is 0 Å². The molecule has 1 aromatic carbocycles. The number of anilines is 1. The molecule has 0 aliphatic heterocycles. The third kappa shape index (κ3) is 6.45. The lowest BCUT2D eigenvalue weighted by Crippen LogP contribution is -2.55. The quantitative estimate of drug-likeness (QED) is 0.179. The van der Waals surface area contributed by atoms with Gasteiger partial charge >= 0.3 is 5.97 Å². The lowest BCUT2D eigenvalue weighted by Gasteiger charge is -2.29. The number of aromatic nitrogens is 4. The van der Waals surface area contributed by atoms with Crippen molar-refractivity contribution in [1.29, 1.82) is 0 Å². The minimum atomic E-state index is -1.16. The zero-order chi connectivity index (χ0) is 33.1. The third-order valence-electron chi connectivity index (χ3n) is 9.15. The van der Waals surface area contributed by atoms with Crippen LogP contribution in [0.1, 0.15) is 85.8 Å². The fraction of sp³-hybridized carbons (Fsp3) is 0.371. The Labute approximate surface area is 271 Å². The number of aliphatic carboxylic acids is 1. The highest BCUT2D eigenvalue weighted by Gasteiger charge is 2.43. The first-order chi connectivity index (χ1) is 22.7. The minimum Gasteiger partial charge on any atom is -0.478 e. The smallest absolute Gasteiger partial charge is 0.328 e. The van der Waals surface area contributed by atoms with Crippen LogP contribution in [0.15, 0.2) is 48.8 Å². The summed E-state index contributed by atoms with van der Waals surface area (Å²) in [6, 6.07) is 8.72. The zero-order valence-electron chi connectivity index (χ0n) is 26.4. The monoisotopic (exact) mass is 640 g/mol. The van der Waals surface area contributed by atoms with Gasteiger partial charge in [0.2, 0.25) is 5.88 Å². The molecule has 0 bridgehead atoms. The van der Waals surface area contributed by atoms with E-state index >= 15 is 0 Å². The zero-order valence-corrected chi connectivity index (χ0v) is 26.4. The van der Waals surface area contributed by atoms with Crippen LogP contribution in [0.25, 0.3) is 28.4 Å². The number of amides is 2. The van der Waals surface area contributed by atoms with E-state index in [1.165, 1.54) is 30.1 Å². The molecule has 2 fully saturated rings. The van der Waals surface area contributed by atoms with E-state index in [2.05, 4.69) is 25.6 Å². The van der Waals surface area contributed by atoms with E-state index in [-0.39, 0.29) is 29.9 Å². The van der Waals surface area contributed by atoms with E-state index in [0.29, 0.717) is 30.0 Å². The first-order valence-corrected chi connectivity index (χ1v) is 16.0. The number of benzene rings is 1. The predicted octanol–water partition coefficient (Wildman–Crippen LogP) is 6.00. The van der Waals surface area contributed by atoms with Crippen LogP contribution in [0.3, 0.4) is 0 Å². The van der Waals surface area contributed by atoms with Crippen LogP contribution in [0.2, 0.25) is 0 Å². The van der Waals surface area contributed by atoms with Crippen molar-refractivity contribution in [2.45, 2.75) is 69.7 Å². The number of nitrogens with zero attached hydrogens (tertiary/aromatic N) is 4. The van der Waals surface area contributed by atoms with Crippen LogP contribution in [-0.2, 0) is 16.6 Å². The first kappa shape index (κ1) is 31.8. The molecule has 0 atom stereocenters. The molecule has 47 heavy (non-hydrogen) atoms. The highest BCUT2D eigenvalue weighted by molar-refractivity contribution is 6.05. The molecule has 12 heteroatoms. The van der Waals surface area contributed by atoms with Crippen molar-refractivity contribution in [2.75, 3.05) is 11.9 Å². The van der Waals surface area contributed by atoms with Crippen molar-refractivity contribution in [3.63, 3.8) is 0 Å². The van der Waals surface area contributed by atoms with Gasteiger partial charge in [-0.1, -0.05) is 31.7 Å². The first-order valence-electron chi connectivity index (χ1n) is 16.0. The largest absolute Gasteiger partial charge is 0.478 e. The average molecular weight is 641 g/mol. The van der Waals surface area contributed by atoms with E-state index in [4.69, 9.17) is 9.84 Å². The van der Waals surface area contributed by atoms with Gasteiger partial charge in [0.1, 0.15) is 17.1 Å². The molecule has 11 nitrogen and oxygen atoms in total. The van der Waals surface area contributed by atoms with Gasteiger partial charge in [0, 0.05) is 29.6 Å². The molecule has 2 amide bonds. The lowest BCUT2D eigenvalue weighted by molar-refractivity contribution is -0.131. The predicted molar refractivity (Wildman–Crippen MR) is 174 cm³/mol. The Morgan fingerprint density at radius 2 is 1.85 bits per heavy atom. The van der Waals surface area contributed by atoms with Gasteiger partial charge in [-0.05, 0) is 74.4 Å². The summed E-state index contributed by atoms with van der Waals surface area (Å²) in [7, 11) is 1.94. The van der Waals surface area contributed by atoms with E-state index in [9.17, 15) is 18.8 Å². The number of aryl methyl sites for hydroxylation is 1. The molecule has 3 N–H and O–H groups in total. The van der Waals surface area contributed by atoms with E-state index in [0.717, 1.165) is 61.2 Å². The summed E-state index contributed by atoms with van der Waals surface area (Å²) >= 11 is 0. The second kappa shape index (κ2) is 13.3. The highest BCUT2D eigenvalue weighted by atomic mass is 19.1. The van der Waals surface area contributed by atoms with Crippen molar-refractivity contribution >= 4 is 40.6 Å². The van der Waals surface area contributed by atoms with Crippen molar-refractivity contribution in [3.05, 3.63) is 71.4 Å². The van der Waals surface area contributed by atoms with Crippen LogP contribution >= 0.6 is 0 Å². The normalized spacial score (nSPS) is 16.1. The number of carboxylic acid groups (broad SMARTS) is 1. The number of hydrogen-bond donors (Lipinski definition) is 3. The molecule has 6 rings (SSSR count). The number of carboxylic acids is 1. The third-order valence-corrected chi connectivity index (χ3v) is 9.15. The molecule has 4 aromatic rings. The second-order valence-corrected chi connectivity index (χ2v) is 12.1. The molecule has 0 radical (unpaired) electrons. The van der Waals surface area contributed by atoms with Gasteiger partial charge < -0.3 is 25.0 Å². The van der Waals surface area contributed by atoms with E-state index in [1.54, 1.807) is 19.1 Å². The van der Waals surface area contributed by atoms with Crippen LogP contribution in [0, 0.1) is 5.82 Å². The fourth-order valence-electron chi connectivity index (χ4n) is 6.92. The standard InChI is InChI=1S/C35H37FN6O5/c1-3-47-33-26(14-15-29(43)44)38-20-28(39-33)40-34(46)35(16-6-7-17-35)41-32(45)22-10-12-24-27(18-22)42(2)31(25-13-11-23(36)19-37-25)30(24)21-8-4-5-9-21/h10-15,18-21H,3-9,16-17H2,1-2H3,(H,41,45)(H,43,44)(H,39,40,46)/b15-14+. The van der Waals surface area contributed by atoms with Gasteiger partial charge in [-0.2, -0.15) is 4.98 Å². The van der Waals surface area contributed by atoms with E-state index < -0.39 is 23.2 Å². The number of halogens is 1. The fourth-order valence-corrected chi connectivity index (χ4v) is 6.92. The number of fused-ring (bicyclic) bond motifs is 1. The number of nitrogens with one attached hydrogen (secondary N) is 2. The SMILES string of the molecule is CCOc1nc(NC(=O)C2(NC(=O)c3ccc4c(C5CCCC5)c(-c5ccc(F)cn5)n(C)c4c3)CCCC2)cnc1/C=C/C(=O)O. The van der Waals surface area contributed by atoms with E-state index in [1.807, 2.05) is 23.7 Å². The molecule has 244 valence electrons. The maximum absolute atomic E-state index is 13.8. The van der Waals surface area contributed by atoms with Gasteiger partial charge in [-0.3, -0.25) is 14.6 Å². The number of pyridine rings is 1. The van der Waals surface area contributed by atoms with Crippen molar-refractivity contribution < 1.29 is 28.6 Å². The van der Waals surface area contributed by atoms with Gasteiger partial charge in [0.05, 0.1) is 30.4 Å². The average Bonchev–Trinajstić information content (AvgIpc) is 3.82. The van der Waals surface area contributed by atoms with Gasteiger partial charge in [0.15, 0.2) is 5.82 Å². The highest BCUT2D eigenvalue weighted by Crippen LogP contribution is 2.44. The maximum atomic E-state index is 13.8. The summed E-state index contributed by atoms with van der Waals surface area (Å²) in [5, 5.41) is 15.8. The number of ether oxygens (including phenoxy) is 1. The van der Waals surface area contributed by atoms with Crippen LogP contribution in [-0.4, -0.2) is 54.6 Å². The molecular formula is C35H37FN6O5. The molecule has 3 aromatic heterocycles. The van der Waals surface area contributed by atoms with Crippen molar-refractivity contribution in [3.8, 4) is 17.3 Å². The van der Waals surface area contributed by atoms with Crippen molar-refractivity contribution in [2.24, 2.45) is 7.05 Å². The summed E-state index contributed by atoms with van der Waals surface area (Å²) < 4.78 is 21.3. The Kier molecular flexibility index (Phi) is 9.01. The number of rotatable bonds is 10. The van der Waals surface area contributed by atoms with Crippen LogP contribution < -0.4 is 15.4 Å². The maximum Gasteiger partial charge on any atom is 0.328 e. The van der Waals surface area contributed by atoms with Crippen LogP contribution in [0.5, 0.6) is 5.88 Å². The summed E-state index contributed by atoms with van der Waals surface area (Å²) in [6.07, 6.45) is 11.6. The number of carbonyl (C=O) groups is 3. The molecule has 0 unspecified atom stereocenters. The topological polar surface area (TPSA) is 148 Å². The lowest BCUT2D eigenvalue weighted by atomic mass is 9.92. The molecule has 0 spiro atoms. The van der Waals surface area contributed by atoms with Gasteiger partial charge in [0.25, 0.3) is 11.8 Å². The summed E-state index contributed by atoms with van der Waals surface area (Å²) in [5.74, 6) is -1.78. The molecule has 2 aliphatic rings. The second-order valence-electron chi connectivity index (χ2n) is 12.1. The summed E-state index contributed by atoms with van der Waals surface area (Å²) in [5.41, 5.74) is 3.11. The van der Waals surface area contributed by atoms with Crippen molar-refractivity contribution in [1.82, 2.24) is 24.8 Å².